The third-order valence-corrected chi connectivity index (χ3v) is 3.43. The molecule has 2 N–H and O–H groups in total. The normalized spacial score (nSPS) is 13.5. The Balaban J connectivity index is 2.54. The molecule has 0 radical (unpaired) electrons. The maximum Gasteiger partial charge on any atom is 0.416 e. The van der Waals surface area contributed by atoms with Crippen LogP contribution in [0.3, 0.4) is 0 Å². The summed E-state index contributed by atoms with van der Waals surface area (Å²) in [5.74, 6) is 0. The molecule has 0 bridgehead atoms. The predicted molar refractivity (Wildman–Crippen MR) is 73.5 cm³/mol. The van der Waals surface area contributed by atoms with Crippen LogP contribution in [-0.4, -0.2) is 9.55 Å². The summed E-state index contributed by atoms with van der Waals surface area (Å²) in [5, 5.41) is 0. The summed E-state index contributed by atoms with van der Waals surface area (Å²) in [4.78, 5) is 3.98. The Labute approximate surface area is 122 Å². The molecule has 0 aliphatic rings. The van der Waals surface area contributed by atoms with Gasteiger partial charge in [-0.15, -0.1) is 0 Å². The van der Waals surface area contributed by atoms with Gasteiger partial charge in [-0.1, -0.05) is 22.9 Å². The molecule has 0 spiro atoms. The molecule has 0 aliphatic carbocycles. The Bertz CT molecular complexity index is 607. The van der Waals surface area contributed by atoms with Crippen LogP contribution in [0.25, 0.3) is 5.69 Å². The van der Waals surface area contributed by atoms with Gasteiger partial charge in [-0.25, -0.2) is 4.98 Å². The zero-order chi connectivity index (χ0) is 14.9. The van der Waals surface area contributed by atoms with Crippen LogP contribution in [0.2, 0.25) is 0 Å². The van der Waals surface area contributed by atoms with Gasteiger partial charge in [0.15, 0.2) is 0 Å². The van der Waals surface area contributed by atoms with Crippen LogP contribution in [0, 0.1) is 0 Å². The molecule has 0 amide bonds. The van der Waals surface area contributed by atoms with E-state index in [0.29, 0.717) is 22.3 Å². The molecule has 0 fully saturated rings. The summed E-state index contributed by atoms with van der Waals surface area (Å²) in [6, 6.07) is 3.45. The summed E-state index contributed by atoms with van der Waals surface area (Å²) in [6.07, 6.45) is -0.687. The fraction of sp³-hybridized carbons (Fsp3) is 0.308. The Morgan fingerprint density at radius 1 is 1.35 bits per heavy atom. The van der Waals surface area contributed by atoms with Crippen LogP contribution < -0.4 is 5.73 Å². The molecule has 108 valence electrons. The van der Waals surface area contributed by atoms with Crippen molar-refractivity contribution in [2.24, 2.45) is 5.73 Å². The van der Waals surface area contributed by atoms with Gasteiger partial charge in [-0.05, 0) is 24.6 Å². The van der Waals surface area contributed by atoms with Gasteiger partial charge >= 0.3 is 6.18 Å². The van der Waals surface area contributed by atoms with Crippen molar-refractivity contribution in [1.82, 2.24) is 9.55 Å². The number of alkyl halides is 3. The minimum absolute atomic E-state index is 0.272. The molecule has 0 saturated heterocycles. The lowest BCUT2D eigenvalue weighted by Gasteiger charge is -2.15. The van der Waals surface area contributed by atoms with E-state index in [0.717, 1.165) is 12.1 Å². The Hall–Kier alpha value is -1.34. The zero-order valence-electron chi connectivity index (χ0n) is 10.7. The van der Waals surface area contributed by atoms with Gasteiger partial charge in [-0.2, -0.15) is 13.2 Å². The number of aromatic nitrogens is 2. The standard InChI is InChI=1S/C13H13BrF3N3/c1-2-11(18)12-6-19-7-20(12)10-4-8(13(15,16)17)3-9(14)5-10/h3-7,11H,2,18H2,1H3/t11-/m1/s1. The van der Waals surface area contributed by atoms with Gasteiger partial charge in [0, 0.05) is 16.2 Å². The summed E-state index contributed by atoms with van der Waals surface area (Å²) in [7, 11) is 0. The molecule has 1 aromatic heterocycles. The van der Waals surface area contributed by atoms with Crippen molar-refractivity contribution in [2.45, 2.75) is 25.6 Å². The highest BCUT2D eigenvalue weighted by molar-refractivity contribution is 9.10. The minimum Gasteiger partial charge on any atom is -0.323 e. The van der Waals surface area contributed by atoms with E-state index in [9.17, 15) is 13.2 Å². The van der Waals surface area contributed by atoms with Crippen molar-refractivity contribution in [3.05, 3.63) is 46.5 Å². The summed E-state index contributed by atoms with van der Waals surface area (Å²) in [5.41, 5.74) is 6.29. The number of nitrogens with zero attached hydrogens (tertiary/aromatic N) is 2. The first-order valence-corrected chi connectivity index (χ1v) is 6.78. The van der Waals surface area contributed by atoms with E-state index < -0.39 is 11.7 Å². The number of hydrogen-bond acceptors (Lipinski definition) is 2. The zero-order valence-corrected chi connectivity index (χ0v) is 12.2. The monoisotopic (exact) mass is 347 g/mol. The third kappa shape index (κ3) is 3.04. The number of nitrogens with two attached hydrogens (primary N) is 1. The average Bonchev–Trinajstić information content (AvgIpc) is 2.85. The van der Waals surface area contributed by atoms with Crippen LogP contribution in [0.5, 0.6) is 0 Å². The summed E-state index contributed by atoms with van der Waals surface area (Å²) >= 11 is 3.10. The Morgan fingerprint density at radius 3 is 2.65 bits per heavy atom. The van der Waals surface area contributed by atoms with Crippen molar-refractivity contribution >= 4 is 15.9 Å². The first-order valence-electron chi connectivity index (χ1n) is 5.99. The third-order valence-electron chi connectivity index (χ3n) is 2.97. The molecular weight excluding hydrogens is 335 g/mol. The molecule has 1 heterocycles. The van der Waals surface area contributed by atoms with Gasteiger partial charge in [-0.3, -0.25) is 0 Å². The second kappa shape index (κ2) is 5.57. The molecule has 20 heavy (non-hydrogen) atoms. The van der Waals surface area contributed by atoms with Gasteiger partial charge in [0.1, 0.15) is 0 Å². The number of benzene rings is 1. The van der Waals surface area contributed by atoms with Gasteiger partial charge in [0.2, 0.25) is 0 Å². The molecule has 0 aliphatic heterocycles. The van der Waals surface area contributed by atoms with Crippen molar-refractivity contribution < 1.29 is 13.2 Å². The highest BCUT2D eigenvalue weighted by atomic mass is 79.9. The fourth-order valence-corrected chi connectivity index (χ4v) is 2.36. The van der Waals surface area contributed by atoms with Crippen molar-refractivity contribution in [3.8, 4) is 5.69 Å². The molecular formula is C13H13BrF3N3. The minimum atomic E-state index is -4.40. The molecule has 2 aromatic rings. The number of imidazole rings is 1. The van der Waals surface area contributed by atoms with E-state index in [1.165, 1.54) is 6.33 Å². The number of hydrogen-bond donors (Lipinski definition) is 1. The smallest absolute Gasteiger partial charge is 0.323 e. The Kier molecular flexibility index (Phi) is 4.19. The van der Waals surface area contributed by atoms with Crippen LogP contribution in [-0.2, 0) is 6.18 Å². The molecule has 3 nitrogen and oxygen atoms in total. The predicted octanol–water partition coefficient (Wildman–Crippen LogP) is 4.06. The largest absolute Gasteiger partial charge is 0.416 e. The maximum absolute atomic E-state index is 12.8. The van der Waals surface area contributed by atoms with Gasteiger partial charge < -0.3 is 10.3 Å². The maximum atomic E-state index is 12.8. The quantitative estimate of drug-likeness (QED) is 0.909. The van der Waals surface area contributed by atoms with Crippen LogP contribution in [0.1, 0.15) is 30.6 Å². The van der Waals surface area contributed by atoms with Crippen molar-refractivity contribution in [1.29, 1.82) is 0 Å². The van der Waals surface area contributed by atoms with E-state index in [1.54, 1.807) is 16.8 Å². The van der Waals surface area contributed by atoms with Crippen LogP contribution in [0.4, 0.5) is 13.2 Å². The van der Waals surface area contributed by atoms with E-state index in [1.807, 2.05) is 6.92 Å². The van der Waals surface area contributed by atoms with Gasteiger partial charge in [0.05, 0.1) is 23.8 Å². The molecule has 1 atom stereocenters. The van der Waals surface area contributed by atoms with E-state index >= 15 is 0 Å². The van der Waals surface area contributed by atoms with E-state index in [2.05, 4.69) is 20.9 Å². The highest BCUT2D eigenvalue weighted by Gasteiger charge is 2.31. The first-order chi connectivity index (χ1) is 9.32. The SMILES string of the molecule is CC[C@@H](N)c1cncn1-c1cc(Br)cc(C(F)(F)F)c1. The average molecular weight is 348 g/mol. The fourth-order valence-electron chi connectivity index (χ4n) is 1.88. The summed E-state index contributed by atoms with van der Waals surface area (Å²) < 4.78 is 40.5. The first kappa shape index (κ1) is 15.1. The number of rotatable bonds is 3. The van der Waals surface area contributed by atoms with Crippen molar-refractivity contribution in [3.63, 3.8) is 0 Å². The molecule has 0 unspecified atom stereocenters. The van der Waals surface area contributed by atoms with E-state index in [4.69, 9.17) is 5.73 Å². The lowest BCUT2D eigenvalue weighted by Crippen LogP contribution is -2.14. The summed E-state index contributed by atoms with van der Waals surface area (Å²) in [6.45, 7) is 1.91. The Morgan fingerprint density at radius 2 is 2.05 bits per heavy atom. The molecule has 1 aromatic carbocycles. The molecule has 0 saturated carbocycles. The van der Waals surface area contributed by atoms with Gasteiger partial charge in [0.25, 0.3) is 0 Å². The van der Waals surface area contributed by atoms with Crippen LogP contribution >= 0.6 is 15.9 Å². The van der Waals surface area contributed by atoms with E-state index in [-0.39, 0.29) is 6.04 Å². The molecule has 7 heteroatoms. The lowest BCUT2D eigenvalue weighted by atomic mass is 10.1. The highest BCUT2D eigenvalue weighted by Crippen LogP contribution is 2.33. The number of halogens is 4. The molecule has 2 rings (SSSR count). The van der Waals surface area contributed by atoms with Crippen molar-refractivity contribution in [2.75, 3.05) is 0 Å². The second-order valence-electron chi connectivity index (χ2n) is 4.40. The second-order valence-corrected chi connectivity index (χ2v) is 5.31. The topological polar surface area (TPSA) is 43.8 Å². The van der Waals surface area contributed by atoms with Crippen LogP contribution in [0.15, 0.2) is 35.2 Å². The lowest BCUT2D eigenvalue weighted by molar-refractivity contribution is -0.137.